The van der Waals surface area contributed by atoms with Gasteiger partial charge in [-0.1, -0.05) is 25.8 Å². The largest absolute Gasteiger partial charge is 0.326 e. The topological polar surface area (TPSA) is 79.2 Å². The van der Waals surface area contributed by atoms with Gasteiger partial charge in [0.05, 0.1) is 23.4 Å². The molecule has 1 fully saturated rings. The lowest BCUT2D eigenvalue weighted by atomic mass is 9.94. The van der Waals surface area contributed by atoms with Crippen molar-refractivity contribution in [2.45, 2.75) is 51.1 Å². The van der Waals surface area contributed by atoms with Crippen LogP contribution in [0, 0.1) is 0 Å². The van der Waals surface area contributed by atoms with Crippen LogP contribution in [0.15, 0.2) is 30.6 Å². The number of piperidine rings is 1. The number of hydroxylamine groups is 1. The molecule has 2 aromatic rings. The monoisotopic (exact) mass is 342 g/mol. The van der Waals surface area contributed by atoms with Gasteiger partial charge in [-0.15, -0.1) is 0 Å². The Morgan fingerprint density at radius 2 is 2.40 bits per heavy atom. The molecule has 3 N–H and O–H groups in total. The van der Waals surface area contributed by atoms with Gasteiger partial charge in [-0.25, -0.2) is 10.5 Å². The summed E-state index contributed by atoms with van der Waals surface area (Å²) in [6, 6.07) is 6.93. The number of imidazole rings is 1. The van der Waals surface area contributed by atoms with Crippen LogP contribution in [0.4, 0.5) is 0 Å². The first-order chi connectivity index (χ1) is 12.2. The van der Waals surface area contributed by atoms with E-state index in [1.54, 1.807) is 11.6 Å². The number of amides is 1. The van der Waals surface area contributed by atoms with E-state index in [1.807, 2.05) is 18.5 Å². The molecule has 2 unspecified atom stereocenters. The highest BCUT2D eigenvalue weighted by atomic mass is 16.5. The van der Waals surface area contributed by atoms with Gasteiger partial charge in [0.1, 0.15) is 0 Å². The van der Waals surface area contributed by atoms with E-state index in [4.69, 9.17) is 5.21 Å². The quantitative estimate of drug-likeness (QED) is 0.428. The molecular weight excluding hydrogens is 316 g/mol. The molecule has 0 radical (unpaired) electrons. The summed E-state index contributed by atoms with van der Waals surface area (Å²) in [5, 5.41) is 12.2. The molecule has 1 saturated heterocycles. The van der Waals surface area contributed by atoms with Crippen LogP contribution in [-0.2, 0) is 4.79 Å². The van der Waals surface area contributed by atoms with E-state index in [9.17, 15) is 4.79 Å². The van der Waals surface area contributed by atoms with Crippen LogP contribution in [0.25, 0.3) is 17.1 Å². The van der Waals surface area contributed by atoms with Gasteiger partial charge >= 0.3 is 0 Å². The lowest BCUT2D eigenvalue weighted by Gasteiger charge is -2.34. The molecule has 3 rings (SSSR count). The van der Waals surface area contributed by atoms with Crippen LogP contribution in [0.3, 0.4) is 0 Å². The maximum atomic E-state index is 11.1. The molecule has 2 heterocycles. The van der Waals surface area contributed by atoms with Crippen molar-refractivity contribution in [2.75, 3.05) is 6.54 Å². The second-order valence-corrected chi connectivity index (χ2v) is 6.62. The number of carbonyl (C=O) groups is 1. The van der Waals surface area contributed by atoms with Gasteiger partial charge in [0, 0.05) is 12.1 Å². The zero-order valence-corrected chi connectivity index (χ0v) is 14.6. The Kier molecular flexibility index (Phi) is 5.83. The molecule has 6 heteroatoms. The summed E-state index contributed by atoms with van der Waals surface area (Å²) in [7, 11) is 0. The first kappa shape index (κ1) is 17.6. The molecular formula is C19H26N4O2. The number of aromatic nitrogens is 2. The predicted molar refractivity (Wildman–Crippen MR) is 98.3 cm³/mol. The van der Waals surface area contributed by atoms with Crippen molar-refractivity contribution in [2.24, 2.45) is 0 Å². The number of unbranched alkanes of at least 4 members (excludes halogenated alkanes) is 1. The van der Waals surface area contributed by atoms with Gasteiger partial charge in [0.2, 0.25) is 0 Å². The van der Waals surface area contributed by atoms with Crippen LogP contribution in [-0.4, -0.2) is 33.3 Å². The van der Waals surface area contributed by atoms with Gasteiger partial charge < -0.3 is 9.88 Å². The highest BCUT2D eigenvalue weighted by molar-refractivity contribution is 5.91. The summed E-state index contributed by atoms with van der Waals surface area (Å²) in [5.74, 6) is -0.544. The number of carbonyl (C=O) groups excluding carboxylic acids is 1. The van der Waals surface area contributed by atoms with E-state index in [-0.39, 0.29) is 0 Å². The minimum Gasteiger partial charge on any atom is -0.326 e. The number of fused-ring (bicyclic) bond motifs is 1. The SMILES string of the molecule is CCCCC1NCCCC1n1cnc2cc(C=CC(=O)NO)ccc21. The molecule has 1 amide bonds. The van der Waals surface area contributed by atoms with Gasteiger partial charge in [-0.05, 0) is 49.6 Å². The molecule has 1 aliphatic rings. The zero-order valence-electron chi connectivity index (χ0n) is 14.6. The Morgan fingerprint density at radius 1 is 1.52 bits per heavy atom. The van der Waals surface area contributed by atoms with Crippen LogP contribution >= 0.6 is 0 Å². The first-order valence-corrected chi connectivity index (χ1v) is 9.05. The number of nitrogens with zero attached hydrogens (tertiary/aromatic N) is 2. The van der Waals surface area contributed by atoms with Crippen molar-refractivity contribution in [3.8, 4) is 0 Å². The van der Waals surface area contributed by atoms with Crippen molar-refractivity contribution >= 4 is 23.0 Å². The fourth-order valence-corrected chi connectivity index (χ4v) is 3.61. The molecule has 2 atom stereocenters. The summed E-state index contributed by atoms with van der Waals surface area (Å²) >= 11 is 0. The minimum absolute atomic E-state index is 0.437. The number of nitrogens with one attached hydrogen (secondary N) is 2. The Balaban J connectivity index is 1.84. The van der Waals surface area contributed by atoms with Crippen molar-refractivity contribution < 1.29 is 10.0 Å². The van der Waals surface area contributed by atoms with Crippen LogP contribution in [0.1, 0.15) is 50.6 Å². The number of rotatable bonds is 6. The number of hydrogen-bond donors (Lipinski definition) is 3. The molecule has 1 aliphatic heterocycles. The fourth-order valence-electron chi connectivity index (χ4n) is 3.61. The molecule has 134 valence electrons. The lowest BCUT2D eigenvalue weighted by Crippen LogP contribution is -2.42. The standard InChI is InChI=1S/C19H26N4O2/c1-2-3-5-15-17(6-4-11-20-15)23-13-21-16-12-14(7-9-18(16)23)8-10-19(24)22-25/h7-10,12-13,15,17,20,25H,2-6,11H2,1H3,(H,22,24). The third-order valence-corrected chi connectivity index (χ3v) is 4.91. The molecule has 0 bridgehead atoms. The molecule has 0 spiro atoms. The Bertz CT molecular complexity index is 753. The first-order valence-electron chi connectivity index (χ1n) is 9.05. The Morgan fingerprint density at radius 3 is 3.20 bits per heavy atom. The fraction of sp³-hybridized carbons (Fsp3) is 0.474. The maximum Gasteiger partial charge on any atom is 0.267 e. The summed E-state index contributed by atoms with van der Waals surface area (Å²) in [6.07, 6.45) is 10.9. The van der Waals surface area contributed by atoms with E-state index in [0.29, 0.717) is 12.1 Å². The summed E-state index contributed by atoms with van der Waals surface area (Å²) in [4.78, 5) is 15.7. The van der Waals surface area contributed by atoms with Crippen LogP contribution in [0.5, 0.6) is 0 Å². The van der Waals surface area contributed by atoms with Gasteiger partial charge in [0.25, 0.3) is 5.91 Å². The summed E-state index contributed by atoms with van der Waals surface area (Å²) < 4.78 is 2.30. The van der Waals surface area contributed by atoms with E-state index >= 15 is 0 Å². The third kappa shape index (κ3) is 4.08. The van der Waals surface area contributed by atoms with Gasteiger partial charge in [0.15, 0.2) is 0 Å². The van der Waals surface area contributed by atoms with Crippen molar-refractivity contribution in [1.29, 1.82) is 0 Å². The molecule has 1 aromatic carbocycles. The summed E-state index contributed by atoms with van der Waals surface area (Å²) in [6.45, 7) is 3.33. The Hall–Kier alpha value is -2.18. The molecule has 0 saturated carbocycles. The average molecular weight is 342 g/mol. The third-order valence-electron chi connectivity index (χ3n) is 4.91. The molecule has 0 aliphatic carbocycles. The van der Waals surface area contributed by atoms with Crippen molar-refractivity contribution in [1.82, 2.24) is 20.3 Å². The van der Waals surface area contributed by atoms with E-state index < -0.39 is 5.91 Å². The highest BCUT2D eigenvalue weighted by Crippen LogP contribution is 2.29. The predicted octanol–water partition coefficient (Wildman–Crippen LogP) is 3.04. The molecule has 1 aromatic heterocycles. The van der Waals surface area contributed by atoms with E-state index in [0.717, 1.165) is 23.1 Å². The summed E-state index contributed by atoms with van der Waals surface area (Å²) in [5.41, 5.74) is 4.52. The second-order valence-electron chi connectivity index (χ2n) is 6.62. The van der Waals surface area contributed by atoms with Gasteiger partial charge in [-0.2, -0.15) is 0 Å². The highest BCUT2D eigenvalue weighted by Gasteiger charge is 2.26. The number of benzene rings is 1. The second kappa shape index (κ2) is 8.27. The van der Waals surface area contributed by atoms with Crippen molar-refractivity contribution in [3.63, 3.8) is 0 Å². The molecule has 6 nitrogen and oxygen atoms in total. The van der Waals surface area contributed by atoms with E-state index in [1.165, 1.54) is 38.2 Å². The Labute approximate surface area is 147 Å². The minimum atomic E-state index is -0.544. The van der Waals surface area contributed by atoms with Crippen molar-refractivity contribution in [3.05, 3.63) is 36.2 Å². The van der Waals surface area contributed by atoms with E-state index in [2.05, 4.69) is 27.9 Å². The zero-order chi connectivity index (χ0) is 17.6. The lowest BCUT2D eigenvalue weighted by molar-refractivity contribution is -0.124. The maximum absolute atomic E-state index is 11.1. The van der Waals surface area contributed by atoms with Crippen LogP contribution in [0.2, 0.25) is 0 Å². The van der Waals surface area contributed by atoms with Crippen LogP contribution < -0.4 is 10.8 Å². The number of hydrogen-bond acceptors (Lipinski definition) is 4. The average Bonchev–Trinajstić information content (AvgIpc) is 3.07. The molecule has 25 heavy (non-hydrogen) atoms. The smallest absolute Gasteiger partial charge is 0.267 e. The normalized spacial score (nSPS) is 21.0. The van der Waals surface area contributed by atoms with Gasteiger partial charge in [-0.3, -0.25) is 10.0 Å².